The molecule has 1 unspecified atom stereocenters. The molecule has 0 aromatic heterocycles. The quantitative estimate of drug-likeness (QED) is 0.787. The molecular weight excluding hydrogens is 264 g/mol. The van der Waals surface area contributed by atoms with Crippen LogP contribution in [0.3, 0.4) is 0 Å². The zero-order valence-electron chi connectivity index (χ0n) is 12.0. The summed E-state index contributed by atoms with van der Waals surface area (Å²) in [6, 6.07) is 0.560. The van der Waals surface area contributed by atoms with Crippen LogP contribution in [0.2, 0.25) is 0 Å². The highest BCUT2D eigenvalue weighted by atomic mass is 32.2. The molecule has 1 atom stereocenters. The molecule has 1 aliphatic carbocycles. The normalized spacial score (nSPS) is 33.1. The van der Waals surface area contributed by atoms with Gasteiger partial charge in [-0.1, -0.05) is 0 Å². The fraction of sp³-hybridized carbons (Fsp3) is 1.00. The minimum atomic E-state index is -3.02. The van der Waals surface area contributed by atoms with Crippen LogP contribution in [0.1, 0.15) is 32.6 Å². The molecule has 1 aliphatic heterocycles. The van der Waals surface area contributed by atoms with Crippen molar-refractivity contribution in [1.29, 1.82) is 0 Å². The maximum absolute atomic E-state index is 11.5. The lowest BCUT2D eigenvalue weighted by Crippen LogP contribution is -2.49. The predicted octanol–water partition coefficient (Wildman–Crippen LogP) is 0.815. The Morgan fingerprint density at radius 2 is 2.11 bits per heavy atom. The SMILES string of the molecule is CCOC1CC(NCC2CCCN(S(C)(=O)=O)C2)C1. The highest BCUT2D eigenvalue weighted by molar-refractivity contribution is 7.88. The summed E-state index contributed by atoms with van der Waals surface area (Å²) in [4.78, 5) is 0. The average Bonchev–Trinajstić information content (AvgIpc) is 2.31. The van der Waals surface area contributed by atoms with Crippen molar-refractivity contribution in [1.82, 2.24) is 9.62 Å². The van der Waals surface area contributed by atoms with E-state index in [1.165, 1.54) is 6.26 Å². The molecular formula is C13H26N2O3S. The first-order valence-electron chi connectivity index (χ1n) is 7.29. The number of sulfonamides is 1. The summed E-state index contributed by atoms with van der Waals surface area (Å²) in [7, 11) is -3.02. The summed E-state index contributed by atoms with van der Waals surface area (Å²) < 4.78 is 30.2. The van der Waals surface area contributed by atoms with Gasteiger partial charge in [0.2, 0.25) is 10.0 Å². The van der Waals surface area contributed by atoms with Crippen LogP contribution >= 0.6 is 0 Å². The summed E-state index contributed by atoms with van der Waals surface area (Å²) in [5.41, 5.74) is 0. The van der Waals surface area contributed by atoms with E-state index in [2.05, 4.69) is 5.32 Å². The Morgan fingerprint density at radius 3 is 2.74 bits per heavy atom. The van der Waals surface area contributed by atoms with Crippen molar-refractivity contribution >= 4 is 10.0 Å². The maximum atomic E-state index is 11.5. The maximum Gasteiger partial charge on any atom is 0.211 e. The predicted molar refractivity (Wildman–Crippen MR) is 75.6 cm³/mol. The molecule has 2 fully saturated rings. The van der Waals surface area contributed by atoms with Gasteiger partial charge in [-0.15, -0.1) is 0 Å². The lowest BCUT2D eigenvalue weighted by molar-refractivity contribution is -0.0109. The van der Waals surface area contributed by atoms with Crippen LogP contribution in [0, 0.1) is 5.92 Å². The molecule has 1 N–H and O–H groups in total. The van der Waals surface area contributed by atoms with E-state index in [9.17, 15) is 8.42 Å². The fourth-order valence-electron chi connectivity index (χ4n) is 2.93. The molecule has 1 heterocycles. The second kappa shape index (κ2) is 6.52. The van der Waals surface area contributed by atoms with Crippen molar-refractivity contribution in [3.05, 3.63) is 0 Å². The van der Waals surface area contributed by atoms with Gasteiger partial charge >= 0.3 is 0 Å². The molecule has 0 bridgehead atoms. The first-order valence-corrected chi connectivity index (χ1v) is 9.14. The Hall–Kier alpha value is -0.170. The summed E-state index contributed by atoms with van der Waals surface area (Å²) >= 11 is 0. The van der Waals surface area contributed by atoms with E-state index in [0.29, 0.717) is 31.2 Å². The van der Waals surface area contributed by atoms with Gasteiger partial charge < -0.3 is 10.1 Å². The molecule has 0 amide bonds. The van der Waals surface area contributed by atoms with E-state index < -0.39 is 10.0 Å². The summed E-state index contributed by atoms with van der Waals surface area (Å²) in [5, 5.41) is 3.55. The number of rotatable bonds is 6. The highest BCUT2D eigenvalue weighted by Crippen LogP contribution is 2.24. The van der Waals surface area contributed by atoms with Crippen molar-refractivity contribution < 1.29 is 13.2 Å². The van der Waals surface area contributed by atoms with Crippen LogP contribution < -0.4 is 5.32 Å². The molecule has 6 heteroatoms. The van der Waals surface area contributed by atoms with Crippen molar-refractivity contribution in [3.8, 4) is 0 Å². The Bertz CT molecular complexity index is 379. The third kappa shape index (κ3) is 4.41. The number of nitrogens with zero attached hydrogens (tertiary/aromatic N) is 1. The first-order chi connectivity index (χ1) is 8.99. The van der Waals surface area contributed by atoms with E-state index in [4.69, 9.17) is 4.74 Å². The second-order valence-corrected chi connectivity index (χ2v) is 7.77. The van der Waals surface area contributed by atoms with Gasteiger partial charge in [0.15, 0.2) is 0 Å². The third-order valence-corrected chi connectivity index (χ3v) is 5.41. The number of hydrogen-bond donors (Lipinski definition) is 1. The third-order valence-electron chi connectivity index (χ3n) is 4.14. The smallest absolute Gasteiger partial charge is 0.211 e. The van der Waals surface area contributed by atoms with Gasteiger partial charge in [-0.3, -0.25) is 0 Å². The second-order valence-electron chi connectivity index (χ2n) is 5.78. The lowest BCUT2D eigenvalue weighted by atomic mass is 9.88. The van der Waals surface area contributed by atoms with Crippen molar-refractivity contribution in [2.24, 2.45) is 5.92 Å². The van der Waals surface area contributed by atoms with Crippen molar-refractivity contribution in [2.75, 3.05) is 32.5 Å². The summed E-state index contributed by atoms with van der Waals surface area (Å²) in [5.74, 6) is 0.453. The van der Waals surface area contributed by atoms with Crippen LogP contribution in [0.4, 0.5) is 0 Å². The molecule has 1 saturated heterocycles. The molecule has 0 aromatic rings. The Kier molecular flexibility index (Phi) is 5.22. The molecule has 19 heavy (non-hydrogen) atoms. The minimum absolute atomic E-state index is 0.432. The number of nitrogens with one attached hydrogen (secondary N) is 1. The molecule has 5 nitrogen and oxygen atoms in total. The topological polar surface area (TPSA) is 58.6 Å². The standard InChI is InChI=1S/C13H26N2O3S/c1-3-18-13-7-12(8-13)14-9-11-5-4-6-15(10-11)19(2,16)17/h11-14H,3-10H2,1-2H3. The van der Waals surface area contributed by atoms with Crippen LogP contribution in [0.5, 0.6) is 0 Å². The van der Waals surface area contributed by atoms with Crippen molar-refractivity contribution in [2.45, 2.75) is 44.8 Å². The van der Waals surface area contributed by atoms with E-state index in [0.717, 1.165) is 38.8 Å². The van der Waals surface area contributed by atoms with E-state index in [1.54, 1.807) is 4.31 Å². The van der Waals surface area contributed by atoms with E-state index in [-0.39, 0.29) is 0 Å². The Balaban J connectivity index is 1.67. The molecule has 2 rings (SSSR count). The van der Waals surface area contributed by atoms with Gasteiger partial charge in [-0.05, 0) is 45.1 Å². The van der Waals surface area contributed by atoms with Gasteiger partial charge in [0.05, 0.1) is 12.4 Å². The van der Waals surface area contributed by atoms with Gasteiger partial charge in [-0.25, -0.2) is 12.7 Å². The van der Waals surface area contributed by atoms with E-state index >= 15 is 0 Å². The lowest BCUT2D eigenvalue weighted by Gasteiger charge is -2.38. The molecule has 1 saturated carbocycles. The molecule has 0 spiro atoms. The first kappa shape index (κ1) is 15.2. The fourth-order valence-corrected chi connectivity index (χ4v) is 3.87. The summed E-state index contributed by atoms with van der Waals surface area (Å²) in [6.07, 6.45) is 6.03. The average molecular weight is 290 g/mol. The molecule has 0 aromatic carbocycles. The van der Waals surface area contributed by atoms with E-state index in [1.807, 2.05) is 6.92 Å². The van der Waals surface area contributed by atoms with Gasteiger partial charge in [0.25, 0.3) is 0 Å². The number of hydrogen-bond acceptors (Lipinski definition) is 4. The van der Waals surface area contributed by atoms with Crippen molar-refractivity contribution in [3.63, 3.8) is 0 Å². The molecule has 0 radical (unpaired) electrons. The zero-order valence-corrected chi connectivity index (χ0v) is 12.8. The van der Waals surface area contributed by atoms with Crippen LogP contribution in [0.15, 0.2) is 0 Å². The number of ether oxygens (including phenoxy) is 1. The number of piperidine rings is 1. The van der Waals surface area contributed by atoms with Crippen LogP contribution in [-0.2, 0) is 14.8 Å². The summed E-state index contributed by atoms with van der Waals surface area (Å²) in [6.45, 7) is 5.11. The highest BCUT2D eigenvalue weighted by Gasteiger charge is 2.31. The molecule has 2 aliphatic rings. The van der Waals surface area contributed by atoms with Crippen LogP contribution in [0.25, 0.3) is 0 Å². The molecule has 112 valence electrons. The largest absolute Gasteiger partial charge is 0.378 e. The van der Waals surface area contributed by atoms with Gasteiger partial charge in [0.1, 0.15) is 0 Å². The Morgan fingerprint density at radius 1 is 1.37 bits per heavy atom. The minimum Gasteiger partial charge on any atom is -0.378 e. The van der Waals surface area contributed by atoms with Gasteiger partial charge in [-0.2, -0.15) is 0 Å². The zero-order chi connectivity index (χ0) is 13.9. The monoisotopic (exact) mass is 290 g/mol. The van der Waals surface area contributed by atoms with Gasteiger partial charge in [0, 0.05) is 25.7 Å². The van der Waals surface area contributed by atoms with Crippen LogP contribution in [-0.4, -0.2) is 57.4 Å². The Labute approximate surface area is 116 Å².